The van der Waals surface area contributed by atoms with Crippen LogP contribution in [0.1, 0.15) is 19.8 Å². The highest BCUT2D eigenvalue weighted by Gasteiger charge is 2.17. The summed E-state index contributed by atoms with van der Waals surface area (Å²) in [5.41, 5.74) is 0. The van der Waals surface area contributed by atoms with Crippen molar-refractivity contribution in [1.29, 1.82) is 0 Å². The van der Waals surface area contributed by atoms with Gasteiger partial charge in [-0.05, 0) is 25.0 Å². The SMILES string of the molecule is CC[C@@H](Oc1cccc(OC)c1)C(=O)NCCCOC. The topological polar surface area (TPSA) is 56.8 Å². The Bertz CT molecular complexity index is 409. The minimum absolute atomic E-state index is 0.105. The van der Waals surface area contributed by atoms with Crippen LogP contribution in [-0.2, 0) is 9.53 Å². The molecule has 0 aliphatic heterocycles. The lowest BCUT2D eigenvalue weighted by molar-refractivity contribution is -0.128. The molecule has 20 heavy (non-hydrogen) atoms. The largest absolute Gasteiger partial charge is 0.497 e. The van der Waals surface area contributed by atoms with Crippen molar-refractivity contribution in [1.82, 2.24) is 5.32 Å². The number of amides is 1. The molecule has 0 aliphatic rings. The third-order valence-electron chi connectivity index (χ3n) is 2.81. The lowest BCUT2D eigenvalue weighted by Gasteiger charge is -2.17. The molecule has 1 amide bonds. The highest BCUT2D eigenvalue weighted by molar-refractivity contribution is 5.81. The van der Waals surface area contributed by atoms with Crippen LogP contribution < -0.4 is 14.8 Å². The van der Waals surface area contributed by atoms with Gasteiger partial charge in [0.25, 0.3) is 5.91 Å². The van der Waals surface area contributed by atoms with Gasteiger partial charge in [0.15, 0.2) is 6.10 Å². The van der Waals surface area contributed by atoms with Crippen molar-refractivity contribution in [2.45, 2.75) is 25.9 Å². The van der Waals surface area contributed by atoms with Gasteiger partial charge in [0.1, 0.15) is 11.5 Å². The summed E-state index contributed by atoms with van der Waals surface area (Å²) in [7, 11) is 3.24. The number of ether oxygens (including phenoxy) is 3. The number of hydrogen-bond acceptors (Lipinski definition) is 4. The zero-order valence-electron chi connectivity index (χ0n) is 12.3. The van der Waals surface area contributed by atoms with Gasteiger partial charge in [-0.15, -0.1) is 0 Å². The molecule has 0 bridgehead atoms. The summed E-state index contributed by atoms with van der Waals surface area (Å²) in [5, 5.41) is 2.84. The van der Waals surface area contributed by atoms with E-state index in [0.717, 1.165) is 6.42 Å². The number of methoxy groups -OCH3 is 2. The first kappa shape index (κ1) is 16.3. The van der Waals surface area contributed by atoms with Gasteiger partial charge >= 0.3 is 0 Å². The molecule has 0 heterocycles. The van der Waals surface area contributed by atoms with Crippen molar-refractivity contribution >= 4 is 5.91 Å². The average molecular weight is 281 g/mol. The molecule has 112 valence electrons. The molecule has 5 heteroatoms. The number of benzene rings is 1. The van der Waals surface area contributed by atoms with Gasteiger partial charge in [-0.25, -0.2) is 0 Å². The highest BCUT2D eigenvalue weighted by atomic mass is 16.5. The smallest absolute Gasteiger partial charge is 0.261 e. The van der Waals surface area contributed by atoms with Gasteiger partial charge < -0.3 is 19.5 Å². The van der Waals surface area contributed by atoms with E-state index in [2.05, 4.69) is 5.32 Å². The van der Waals surface area contributed by atoms with E-state index in [0.29, 0.717) is 31.1 Å². The quantitative estimate of drug-likeness (QED) is 0.703. The average Bonchev–Trinajstić information content (AvgIpc) is 2.49. The zero-order valence-corrected chi connectivity index (χ0v) is 12.3. The number of nitrogens with one attached hydrogen (secondary N) is 1. The molecule has 0 unspecified atom stereocenters. The van der Waals surface area contributed by atoms with Crippen molar-refractivity contribution < 1.29 is 19.0 Å². The molecule has 0 aromatic heterocycles. The van der Waals surface area contributed by atoms with Gasteiger partial charge in [0, 0.05) is 26.3 Å². The van der Waals surface area contributed by atoms with Gasteiger partial charge in [0.2, 0.25) is 0 Å². The molecule has 0 fully saturated rings. The van der Waals surface area contributed by atoms with E-state index in [1.807, 2.05) is 25.1 Å². The van der Waals surface area contributed by atoms with Gasteiger partial charge in [-0.1, -0.05) is 13.0 Å². The van der Waals surface area contributed by atoms with Crippen molar-refractivity contribution in [3.05, 3.63) is 24.3 Å². The van der Waals surface area contributed by atoms with Gasteiger partial charge in [-0.3, -0.25) is 4.79 Å². The molecule has 0 radical (unpaired) electrons. The lowest BCUT2D eigenvalue weighted by Crippen LogP contribution is -2.38. The molecule has 5 nitrogen and oxygen atoms in total. The number of rotatable bonds is 9. The van der Waals surface area contributed by atoms with Crippen molar-refractivity contribution in [3.63, 3.8) is 0 Å². The second-order valence-corrected chi connectivity index (χ2v) is 4.33. The molecule has 1 atom stereocenters. The van der Waals surface area contributed by atoms with Crippen LogP contribution in [0.5, 0.6) is 11.5 Å². The van der Waals surface area contributed by atoms with Gasteiger partial charge in [-0.2, -0.15) is 0 Å². The summed E-state index contributed by atoms with van der Waals surface area (Å²) < 4.78 is 15.8. The van der Waals surface area contributed by atoms with Crippen LogP contribution in [0, 0.1) is 0 Å². The molecule has 1 N–H and O–H groups in total. The second-order valence-electron chi connectivity index (χ2n) is 4.33. The van der Waals surface area contributed by atoms with E-state index in [1.54, 1.807) is 20.3 Å². The van der Waals surface area contributed by atoms with Crippen LogP contribution in [0.25, 0.3) is 0 Å². The summed E-state index contributed by atoms with van der Waals surface area (Å²) >= 11 is 0. The van der Waals surface area contributed by atoms with E-state index in [-0.39, 0.29) is 5.91 Å². The minimum Gasteiger partial charge on any atom is -0.497 e. The Balaban J connectivity index is 2.50. The Morgan fingerprint density at radius 1 is 1.30 bits per heavy atom. The van der Waals surface area contributed by atoms with Crippen LogP contribution in [-0.4, -0.2) is 39.4 Å². The monoisotopic (exact) mass is 281 g/mol. The summed E-state index contributed by atoms with van der Waals surface area (Å²) in [4.78, 5) is 12.0. The van der Waals surface area contributed by atoms with Crippen molar-refractivity contribution in [2.24, 2.45) is 0 Å². The first-order valence-corrected chi connectivity index (χ1v) is 6.78. The summed E-state index contributed by atoms with van der Waals surface area (Å²) in [6.07, 6.45) is 0.898. The third-order valence-corrected chi connectivity index (χ3v) is 2.81. The Morgan fingerprint density at radius 2 is 2.05 bits per heavy atom. The second kappa shape index (κ2) is 9.20. The Hall–Kier alpha value is -1.75. The first-order valence-electron chi connectivity index (χ1n) is 6.78. The van der Waals surface area contributed by atoms with Crippen LogP contribution >= 0.6 is 0 Å². The minimum atomic E-state index is -0.496. The maximum Gasteiger partial charge on any atom is 0.261 e. The van der Waals surface area contributed by atoms with Crippen LogP contribution in [0.4, 0.5) is 0 Å². The van der Waals surface area contributed by atoms with Crippen molar-refractivity contribution in [2.75, 3.05) is 27.4 Å². The van der Waals surface area contributed by atoms with Crippen LogP contribution in [0.3, 0.4) is 0 Å². The molecule has 0 aliphatic carbocycles. The fraction of sp³-hybridized carbons (Fsp3) is 0.533. The van der Waals surface area contributed by atoms with E-state index < -0.39 is 6.10 Å². The predicted octanol–water partition coefficient (Wildman–Crippen LogP) is 2.01. The Kier molecular flexibility index (Phi) is 7.50. The van der Waals surface area contributed by atoms with Gasteiger partial charge in [0.05, 0.1) is 7.11 Å². The summed E-state index contributed by atoms with van der Waals surface area (Å²) in [6.45, 7) is 3.14. The third kappa shape index (κ3) is 5.48. The maximum atomic E-state index is 12.0. The van der Waals surface area contributed by atoms with Crippen molar-refractivity contribution in [3.8, 4) is 11.5 Å². The molecule has 0 saturated heterocycles. The van der Waals surface area contributed by atoms with E-state index in [9.17, 15) is 4.79 Å². The standard InChI is InChI=1S/C15H23NO4/c1-4-14(15(17)16-9-6-10-18-2)20-13-8-5-7-12(11-13)19-3/h5,7-8,11,14H,4,6,9-10H2,1-3H3,(H,16,17)/t14-/m1/s1. The number of hydrogen-bond donors (Lipinski definition) is 1. The molecule has 1 aromatic rings. The first-order chi connectivity index (χ1) is 9.71. The van der Waals surface area contributed by atoms with E-state index in [4.69, 9.17) is 14.2 Å². The molecule has 0 spiro atoms. The predicted molar refractivity (Wildman–Crippen MR) is 77.2 cm³/mol. The molecule has 1 rings (SSSR count). The number of carbonyl (C=O) groups is 1. The highest BCUT2D eigenvalue weighted by Crippen LogP contribution is 2.20. The summed E-state index contributed by atoms with van der Waals surface area (Å²) in [5.74, 6) is 1.23. The Morgan fingerprint density at radius 3 is 2.70 bits per heavy atom. The molecule has 1 aromatic carbocycles. The van der Waals surface area contributed by atoms with E-state index in [1.165, 1.54) is 0 Å². The lowest BCUT2D eigenvalue weighted by atomic mass is 10.2. The zero-order chi connectivity index (χ0) is 14.8. The number of carbonyl (C=O) groups excluding carboxylic acids is 1. The molecular weight excluding hydrogens is 258 g/mol. The normalized spacial score (nSPS) is 11.8. The summed E-state index contributed by atoms with van der Waals surface area (Å²) in [6, 6.07) is 7.24. The molecule has 0 saturated carbocycles. The molecular formula is C15H23NO4. The fourth-order valence-electron chi connectivity index (χ4n) is 1.70. The fourth-order valence-corrected chi connectivity index (χ4v) is 1.70. The van der Waals surface area contributed by atoms with Crippen LogP contribution in [0.2, 0.25) is 0 Å². The maximum absolute atomic E-state index is 12.0. The van der Waals surface area contributed by atoms with Crippen LogP contribution in [0.15, 0.2) is 24.3 Å². The van der Waals surface area contributed by atoms with E-state index >= 15 is 0 Å². The Labute approximate surface area is 120 Å².